The maximum atomic E-state index is 11.0. The highest BCUT2D eigenvalue weighted by atomic mass is 32.2. The molecule has 1 saturated heterocycles. The second-order valence-corrected chi connectivity index (χ2v) is 4.93. The third kappa shape index (κ3) is 2.79. The number of fused-ring (bicyclic) bond motifs is 1. The quantitative estimate of drug-likeness (QED) is 0.668. The molecular formula is C13H10N4OS. The lowest BCUT2D eigenvalue weighted by molar-refractivity contribution is -0.116. The highest BCUT2D eigenvalue weighted by molar-refractivity contribution is 8.15. The summed E-state index contributed by atoms with van der Waals surface area (Å²) in [5.41, 5.74) is 0.944. The fourth-order valence-electron chi connectivity index (χ4n) is 1.71. The number of carbonyl (C=O) groups is 1. The topological polar surface area (TPSA) is 66.7 Å². The summed E-state index contributed by atoms with van der Waals surface area (Å²) in [6.45, 7) is 0. The molecule has 0 atom stereocenters. The van der Waals surface area contributed by atoms with Crippen molar-refractivity contribution in [3.63, 3.8) is 0 Å². The molecule has 6 heteroatoms. The van der Waals surface area contributed by atoms with E-state index in [2.05, 4.69) is 20.5 Å². The number of nitrogens with one attached hydrogen (secondary N) is 1. The molecule has 1 aromatic heterocycles. The third-order valence-corrected chi connectivity index (χ3v) is 3.47. The molecule has 5 nitrogen and oxygen atoms in total. The zero-order valence-corrected chi connectivity index (χ0v) is 10.7. The lowest BCUT2D eigenvalue weighted by Crippen LogP contribution is -2.19. The molecule has 94 valence electrons. The molecule has 1 aromatic carbocycles. The van der Waals surface area contributed by atoms with Crippen LogP contribution in [0.25, 0.3) is 10.8 Å². The van der Waals surface area contributed by atoms with Crippen molar-refractivity contribution in [2.24, 2.45) is 10.2 Å². The van der Waals surface area contributed by atoms with E-state index in [0.717, 1.165) is 16.3 Å². The Morgan fingerprint density at radius 1 is 1.32 bits per heavy atom. The van der Waals surface area contributed by atoms with Gasteiger partial charge in [-0.15, -0.1) is 5.10 Å². The van der Waals surface area contributed by atoms with Gasteiger partial charge in [-0.25, -0.2) is 0 Å². The van der Waals surface area contributed by atoms with Crippen LogP contribution in [-0.4, -0.2) is 28.0 Å². The number of amides is 1. The minimum Gasteiger partial charge on any atom is -0.303 e. The molecule has 1 amide bonds. The number of carbonyl (C=O) groups excluding carboxylic acids is 1. The first-order valence-electron chi connectivity index (χ1n) is 5.69. The van der Waals surface area contributed by atoms with Gasteiger partial charge in [0.2, 0.25) is 5.91 Å². The largest absolute Gasteiger partial charge is 0.303 e. The molecule has 3 rings (SSSR count). The molecule has 2 heterocycles. The maximum absolute atomic E-state index is 11.0. The van der Waals surface area contributed by atoms with Crippen molar-refractivity contribution >= 4 is 39.8 Å². The average Bonchev–Trinajstić information content (AvgIpc) is 2.84. The molecule has 1 N–H and O–H groups in total. The van der Waals surface area contributed by atoms with E-state index in [1.54, 1.807) is 12.4 Å². The third-order valence-electron chi connectivity index (χ3n) is 2.61. The predicted octanol–water partition coefficient (Wildman–Crippen LogP) is 1.79. The number of rotatable bonds is 2. The first-order chi connectivity index (χ1) is 9.31. The number of pyridine rings is 1. The number of hydrogen-bond donors (Lipinski definition) is 1. The number of benzene rings is 1. The van der Waals surface area contributed by atoms with E-state index >= 15 is 0 Å². The Morgan fingerprint density at radius 3 is 3.11 bits per heavy atom. The zero-order chi connectivity index (χ0) is 13.1. The van der Waals surface area contributed by atoms with Crippen molar-refractivity contribution in [2.75, 3.05) is 5.75 Å². The van der Waals surface area contributed by atoms with Gasteiger partial charge < -0.3 is 5.32 Å². The molecule has 1 aliphatic rings. The van der Waals surface area contributed by atoms with Crippen LogP contribution in [0.1, 0.15) is 5.56 Å². The number of hydrogen-bond acceptors (Lipinski definition) is 5. The van der Waals surface area contributed by atoms with Gasteiger partial charge in [0.25, 0.3) is 0 Å². The highest BCUT2D eigenvalue weighted by Crippen LogP contribution is 2.13. The molecule has 1 aliphatic heterocycles. The lowest BCUT2D eigenvalue weighted by Gasteiger charge is -1.97. The van der Waals surface area contributed by atoms with Crippen LogP contribution in [0.5, 0.6) is 0 Å². The van der Waals surface area contributed by atoms with Crippen LogP contribution in [-0.2, 0) is 4.79 Å². The fourth-order valence-corrected chi connectivity index (χ4v) is 2.34. The minimum atomic E-state index is -0.0317. The Morgan fingerprint density at radius 2 is 2.26 bits per heavy atom. The van der Waals surface area contributed by atoms with Gasteiger partial charge in [0.15, 0.2) is 5.17 Å². The summed E-state index contributed by atoms with van der Waals surface area (Å²) in [5.74, 6) is 0.381. The van der Waals surface area contributed by atoms with Crippen molar-refractivity contribution in [3.8, 4) is 0 Å². The van der Waals surface area contributed by atoms with Crippen LogP contribution >= 0.6 is 11.8 Å². The van der Waals surface area contributed by atoms with Gasteiger partial charge in [0.05, 0.1) is 12.0 Å². The number of aromatic nitrogens is 1. The Kier molecular flexibility index (Phi) is 3.24. The zero-order valence-electron chi connectivity index (χ0n) is 9.91. The summed E-state index contributed by atoms with van der Waals surface area (Å²) in [4.78, 5) is 15.0. The molecule has 0 spiro atoms. The van der Waals surface area contributed by atoms with E-state index in [0.29, 0.717) is 10.9 Å². The number of amidine groups is 1. The molecule has 0 bridgehead atoms. The van der Waals surface area contributed by atoms with Gasteiger partial charge in [-0.05, 0) is 23.1 Å². The van der Waals surface area contributed by atoms with E-state index in [1.807, 2.05) is 30.5 Å². The van der Waals surface area contributed by atoms with Crippen molar-refractivity contribution in [2.45, 2.75) is 0 Å². The SMILES string of the molecule is O=C1CSC(=NN=Cc2ccc3ccncc3c2)N1. The maximum Gasteiger partial charge on any atom is 0.236 e. The molecule has 0 radical (unpaired) electrons. The summed E-state index contributed by atoms with van der Waals surface area (Å²) in [7, 11) is 0. The van der Waals surface area contributed by atoms with E-state index in [-0.39, 0.29) is 5.91 Å². The van der Waals surface area contributed by atoms with Crippen LogP contribution in [0.4, 0.5) is 0 Å². The summed E-state index contributed by atoms with van der Waals surface area (Å²) < 4.78 is 0. The summed E-state index contributed by atoms with van der Waals surface area (Å²) in [5, 5.41) is 13.3. The van der Waals surface area contributed by atoms with Crippen LogP contribution in [0.2, 0.25) is 0 Å². The molecule has 0 unspecified atom stereocenters. The van der Waals surface area contributed by atoms with E-state index in [1.165, 1.54) is 11.8 Å². The molecule has 1 fully saturated rings. The van der Waals surface area contributed by atoms with Crippen molar-refractivity contribution in [3.05, 3.63) is 42.2 Å². The van der Waals surface area contributed by atoms with E-state index in [9.17, 15) is 4.79 Å². The normalized spacial score (nSPS) is 17.5. The van der Waals surface area contributed by atoms with Crippen molar-refractivity contribution < 1.29 is 4.79 Å². The highest BCUT2D eigenvalue weighted by Gasteiger charge is 2.15. The Hall–Kier alpha value is -2.21. The van der Waals surface area contributed by atoms with Crippen LogP contribution in [0, 0.1) is 0 Å². The van der Waals surface area contributed by atoms with Crippen LogP contribution in [0.3, 0.4) is 0 Å². The van der Waals surface area contributed by atoms with Crippen LogP contribution < -0.4 is 5.32 Å². The molecule has 0 saturated carbocycles. The Bertz CT molecular complexity index is 696. The first kappa shape index (κ1) is 11.9. The smallest absolute Gasteiger partial charge is 0.236 e. The van der Waals surface area contributed by atoms with Gasteiger partial charge in [0, 0.05) is 17.8 Å². The molecular weight excluding hydrogens is 260 g/mol. The first-order valence-corrected chi connectivity index (χ1v) is 6.67. The Balaban J connectivity index is 1.79. The van der Waals surface area contributed by atoms with Gasteiger partial charge in [-0.3, -0.25) is 9.78 Å². The summed E-state index contributed by atoms with van der Waals surface area (Å²) in [6, 6.07) is 7.93. The molecule has 0 aliphatic carbocycles. The Labute approximate surface area is 113 Å². The second kappa shape index (κ2) is 5.19. The van der Waals surface area contributed by atoms with Crippen LogP contribution in [0.15, 0.2) is 46.9 Å². The van der Waals surface area contributed by atoms with Gasteiger partial charge in [-0.2, -0.15) is 5.10 Å². The van der Waals surface area contributed by atoms with Gasteiger partial charge >= 0.3 is 0 Å². The van der Waals surface area contributed by atoms with Crippen molar-refractivity contribution in [1.82, 2.24) is 10.3 Å². The standard InChI is InChI=1S/C13H10N4OS/c18-12-8-19-13(16-12)17-15-6-9-1-2-10-3-4-14-7-11(10)5-9/h1-7H,8H2,(H,16,17,18). The second-order valence-electron chi connectivity index (χ2n) is 3.97. The van der Waals surface area contributed by atoms with E-state index < -0.39 is 0 Å². The predicted molar refractivity (Wildman–Crippen MR) is 77.4 cm³/mol. The summed E-state index contributed by atoms with van der Waals surface area (Å²) in [6.07, 6.45) is 5.23. The average molecular weight is 270 g/mol. The minimum absolute atomic E-state index is 0.0317. The van der Waals surface area contributed by atoms with Gasteiger partial charge in [-0.1, -0.05) is 23.9 Å². The van der Waals surface area contributed by atoms with Crippen molar-refractivity contribution in [1.29, 1.82) is 0 Å². The number of thioether (sulfide) groups is 1. The monoisotopic (exact) mass is 270 g/mol. The lowest BCUT2D eigenvalue weighted by atomic mass is 10.1. The summed E-state index contributed by atoms with van der Waals surface area (Å²) >= 11 is 1.35. The molecule has 2 aromatic rings. The van der Waals surface area contributed by atoms with Gasteiger partial charge in [0.1, 0.15) is 0 Å². The fraction of sp³-hybridized carbons (Fsp3) is 0.0769. The number of nitrogens with zero attached hydrogens (tertiary/aromatic N) is 3. The molecule has 19 heavy (non-hydrogen) atoms. The van der Waals surface area contributed by atoms with E-state index in [4.69, 9.17) is 0 Å².